The van der Waals surface area contributed by atoms with Gasteiger partial charge in [-0.05, 0) is 74.3 Å². The Bertz CT molecular complexity index is 600. The van der Waals surface area contributed by atoms with Gasteiger partial charge in [0.2, 0.25) is 0 Å². The molecule has 126 valence electrons. The van der Waals surface area contributed by atoms with Gasteiger partial charge in [0, 0.05) is 9.84 Å². The first-order valence-corrected chi connectivity index (χ1v) is 10.0. The van der Waals surface area contributed by atoms with Crippen LogP contribution in [0.4, 0.5) is 13.2 Å². The Hall–Kier alpha value is -0.260. The second-order valence-corrected chi connectivity index (χ2v) is 9.47. The quantitative estimate of drug-likeness (QED) is 0.370. The first kappa shape index (κ1) is 16.2. The molecule has 2 saturated carbocycles. The molecule has 0 bridgehead atoms. The second-order valence-electron chi connectivity index (χ2n) is 7.71. The average Bonchev–Trinajstić information content (AvgIpc) is 2.79. The number of benzene rings is 1. The minimum Gasteiger partial charge on any atom is -0.206 e. The highest BCUT2D eigenvalue weighted by molar-refractivity contribution is 14.1. The van der Waals surface area contributed by atoms with Gasteiger partial charge in [-0.25, -0.2) is 13.2 Å². The van der Waals surface area contributed by atoms with E-state index < -0.39 is 17.7 Å². The summed E-state index contributed by atoms with van der Waals surface area (Å²) in [4.78, 5) is 0. The van der Waals surface area contributed by atoms with E-state index in [1.165, 1.54) is 25.3 Å². The maximum Gasteiger partial charge on any atom is 0.279 e. The number of rotatable bonds is 1. The molecule has 0 nitrogen and oxygen atoms in total. The van der Waals surface area contributed by atoms with E-state index in [1.54, 1.807) is 12.1 Å². The minimum absolute atomic E-state index is 0.0452. The van der Waals surface area contributed by atoms with Crippen molar-refractivity contribution in [2.75, 3.05) is 0 Å². The van der Waals surface area contributed by atoms with Crippen LogP contribution in [-0.4, -0.2) is 3.92 Å². The number of hydrogen-bond donors (Lipinski definition) is 0. The van der Waals surface area contributed by atoms with Crippen LogP contribution < -0.4 is 0 Å². The van der Waals surface area contributed by atoms with E-state index in [2.05, 4.69) is 22.6 Å². The molecule has 0 amide bonds. The zero-order chi connectivity index (χ0) is 16.2. The Balaban J connectivity index is 1.55. The SMILES string of the molecule is Fc1cccc2c1C(F)(F)C(C1CCC3CC(I)CCC3C1)C2. The second kappa shape index (κ2) is 5.92. The molecule has 5 unspecified atom stereocenters. The molecule has 0 aromatic heterocycles. The zero-order valence-electron chi connectivity index (χ0n) is 13.1. The monoisotopic (exact) mass is 434 g/mol. The summed E-state index contributed by atoms with van der Waals surface area (Å²) in [5, 5.41) is 0. The summed E-state index contributed by atoms with van der Waals surface area (Å²) in [5.41, 5.74) is 0.209. The predicted octanol–water partition coefficient (Wildman–Crippen LogP) is 6.11. The number of alkyl halides is 3. The molecule has 1 aromatic carbocycles. The molecule has 1 aromatic rings. The molecule has 0 heterocycles. The van der Waals surface area contributed by atoms with E-state index in [9.17, 15) is 13.2 Å². The third-order valence-electron chi connectivity index (χ3n) is 6.50. The smallest absolute Gasteiger partial charge is 0.206 e. The van der Waals surface area contributed by atoms with Crippen LogP contribution in [0.3, 0.4) is 0 Å². The van der Waals surface area contributed by atoms with Crippen LogP contribution in [-0.2, 0) is 12.3 Å². The Morgan fingerprint density at radius 3 is 2.43 bits per heavy atom. The van der Waals surface area contributed by atoms with Crippen molar-refractivity contribution < 1.29 is 13.2 Å². The van der Waals surface area contributed by atoms with Crippen LogP contribution in [0.5, 0.6) is 0 Å². The van der Waals surface area contributed by atoms with Crippen LogP contribution in [0.2, 0.25) is 0 Å². The standard InChI is InChI=1S/C19H22F3I/c20-17-3-1-2-14-10-16(19(21,22)18(14)17)13-5-4-12-9-15(23)7-6-11(12)8-13/h1-3,11-13,15-16H,4-10H2. The zero-order valence-corrected chi connectivity index (χ0v) is 15.2. The van der Waals surface area contributed by atoms with Gasteiger partial charge in [-0.2, -0.15) is 0 Å². The average molecular weight is 434 g/mol. The minimum atomic E-state index is -3.00. The fourth-order valence-corrected chi connectivity index (χ4v) is 6.37. The molecule has 4 heteroatoms. The summed E-state index contributed by atoms with van der Waals surface area (Å²) in [6.45, 7) is 0. The van der Waals surface area contributed by atoms with Crippen LogP contribution >= 0.6 is 22.6 Å². The lowest BCUT2D eigenvalue weighted by atomic mass is 9.64. The third kappa shape index (κ3) is 2.73. The Morgan fingerprint density at radius 1 is 0.957 bits per heavy atom. The molecular formula is C19H22F3I. The normalized spacial score (nSPS) is 38.9. The summed E-state index contributed by atoms with van der Waals surface area (Å²) in [7, 11) is 0. The van der Waals surface area contributed by atoms with Crippen molar-refractivity contribution in [3.63, 3.8) is 0 Å². The van der Waals surface area contributed by atoms with E-state index in [4.69, 9.17) is 0 Å². The molecule has 0 radical (unpaired) electrons. The fraction of sp³-hybridized carbons (Fsp3) is 0.684. The van der Waals surface area contributed by atoms with Crippen molar-refractivity contribution >= 4 is 22.6 Å². The molecule has 3 aliphatic rings. The van der Waals surface area contributed by atoms with Crippen molar-refractivity contribution in [2.24, 2.45) is 23.7 Å². The lowest BCUT2D eigenvalue weighted by Crippen LogP contribution is -2.37. The van der Waals surface area contributed by atoms with E-state index in [1.807, 2.05) is 0 Å². The topological polar surface area (TPSA) is 0 Å². The van der Waals surface area contributed by atoms with E-state index in [-0.39, 0.29) is 11.5 Å². The van der Waals surface area contributed by atoms with E-state index in [0.29, 0.717) is 17.9 Å². The Labute approximate surface area is 149 Å². The van der Waals surface area contributed by atoms with Gasteiger partial charge in [-0.3, -0.25) is 0 Å². The summed E-state index contributed by atoms with van der Waals surface area (Å²) in [6.07, 6.45) is 6.91. The lowest BCUT2D eigenvalue weighted by molar-refractivity contribution is -0.0899. The van der Waals surface area contributed by atoms with Gasteiger partial charge in [-0.15, -0.1) is 0 Å². The summed E-state index contributed by atoms with van der Waals surface area (Å²) in [6, 6.07) is 4.41. The van der Waals surface area contributed by atoms with E-state index >= 15 is 0 Å². The first-order chi connectivity index (χ1) is 11.0. The highest BCUT2D eigenvalue weighted by Crippen LogP contribution is 2.55. The molecular weight excluding hydrogens is 412 g/mol. The molecule has 2 fully saturated rings. The van der Waals surface area contributed by atoms with Crippen LogP contribution in [0.15, 0.2) is 18.2 Å². The molecule has 3 aliphatic carbocycles. The molecule has 4 rings (SSSR count). The highest BCUT2D eigenvalue weighted by Gasteiger charge is 2.54. The predicted molar refractivity (Wildman–Crippen MR) is 93.5 cm³/mol. The summed E-state index contributed by atoms with van der Waals surface area (Å²) >= 11 is 2.54. The molecule has 0 aliphatic heterocycles. The number of halogens is 4. The molecule has 0 spiro atoms. The lowest BCUT2D eigenvalue weighted by Gasteiger charge is -2.43. The van der Waals surface area contributed by atoms with Crippen LogP contribution in [0.25, 0.3) is 0 Å². The largest absolute Gasteiger partial charge is 0.279 e. The van der Waals surface area contributed by atoms with Crippen molar-refractivity contribution in [1.82, 2.24) is 0 Å². The van der Waals surface area contributed by atoms with Gasteiger partial charge in [0.05, 0.1) is 5.56 Å². The highest BCUT2D eigenvalue weighted by atomic mass is 127. The van der Waals surface area contributed by atoms with E-state index in [0.717, 1.165) is 29.1 Å². The van der Waals surface area contributed by atoms with Gasteiger partial charge in [0.15, 0.2) is 0 Å². The van der Waals surface area contributed by atoms with Crippen molar-refractivity contribution in [2.45, 2.75) is 54.8 Å². The van der Waals surface area contributed by atoms with Gasteiger partial charge >= 0.3 is 0 Å². The Morgan fingerprint density at radius 2 is 1.65 bits per heavy atom. The maximum atomic E-state index is 14.9. The number of hydrogen-bond acceptors (Lipinski definition) is 0. The van der Waals surface area contributed by atoms with Gasteiger partial charge < -0.3 is 0 Å². The van der Waals surface area contributed by atoms with Crippen molar-refractivity contribution in [3.05, 3.63) is 35.1 Å². The fourth-order valence-electron chi connectivity index (χ4n) is 5.36. The summed E-state index contributed by atoms with van der Waals surface area (Å²) in [5.74, 6) is -3.04. The van der Waals surface area contributed by atoms with Crippen molar-refractivity contribution in [3.8, 4) is 0 Å². The van der Waals surface area contributed by atoms with Crippen LogP contribution in [0, 0.1) is 29.5 Å². The third-order valence-corrected chi connectivity index (χ3v) is 7.63. The van der Waals surface area contributed by atoms with Gasteiger partial charge in [0.25, 0.3) is 5.92 Å². The van der Waals surface area contributed by atoms with Crippen molar-refractivity contribution in [1.29, 1.82) is 0 Å². The first-order valence-electron chi connectivity index (χ1n) is 8.76. The molecule has 5 atom stereocenters. The number of fused-ring (bicyclic) bond motifs is 2. The Kier molecular flexibility index (Phi) is 4.18. The molecule has 0 saturated heterocycles. The maximum absolute atomic E-state index is 14.9. The molecule has 0 N–H and O–H groups in total. The summed E-state index contributed by atoms with van der Waals surface area (Å²) < 4.78 is 44.5. The van der Waals surface area contributed by atoms with Gasteiger partial charge in [0.1, 0.15) is 5.82 Å². The van der Waals surface area contributed by atoms with Gasteiger partial charge in [-0.1, -0.05) is 34.7 Å². The molecule has 23 heavy (non-hydrogen) atoms. The van der Waals surface area contributed by atoms with Crippen LogP contribution in [0.1, 0.15) is 49.7 Å².